The van der Waals surface area contributed by atoms with Gasteiger partial charge in [0.2, 0.25) is 0 Å². The van der Waals surface area contributed by atoms with E-state index in [1.165, 1.54) is 31.2 Å². The minimum Gasteiger partial charge on any atom is -0.444 e. The van der Waals surface area contributed by atoms with Crippen LogP contribution in [0.3, 0.4) is 0 Å². The van der Waals surface area contributed by atoms with E-state index < -0.39 is 5.60 Å². The lowest BCUT2D eigenvalue weighted by Gasteiger charge is -2.42. The zero-order valence-corrected chi connectivity index (χ0v) is 16.6. The van der Waals surface area contributed by atoms with Gasteiger partial charge in [0.25, 0.3) is 0 Å². The molecule has 1 saturated heterocycles. The van der Waals surface area contributed by atoms with Gasteiger partial charge in [0.15, 0.2) is 0 Å². The highest BCUT2D eigenvalue weighted by Gasteiger charge is 2.35. The molecule has 1 aromatic carbocycles. The summed E-state index contributed by atoms with van der Waals surface area (Å²) in [5.74, 6) is 0.765. The van der Waals surface area contributed by atoms with Crippen LogP contribution in [0, 0.1) is 5.92 Å². The summed E-state index contributed by atoms with van der Waals surface area (Å²) in [5.41, 5.74) is 0.911. The molecule has 0 aromatic heterocycles. The van der Waals surface area contributed by atoms with Gasteiger partial charge in [-0.2, -0.15) is 0 Å². The summed E-state index contributed by atoms with van der Waals surface area (Å²) in [6.07, 6.45) is 6.30. The average molecular weight is 359 g/mol. The summed E-state index contributed by atoms with van der Waals surface area (Å²) >= 11 is 0. The van der Waals surface area contributed by atoms with Crippen molar-refractivity contribution < 1.29 is 9.53 Å². The Balaban J connectivity index is 1.66. The third-order valence-electron chi connectivity index (χ3n) is 5.52. The van der Waals surface area contributed by atoms with Gasteiger partial charge in [-0.1, -0.05) is 56.0 Å². The van der Waals surface area contributed by atoms with Crippen molar-refractivity contribution in [2.75, 3.05) is 19.6 Å². The van der Waals surface area contributed by atoms with Gasteiger partial charge in [-0.25, -0.2) is 4.79 Å². The number of hydrogen-bond acceptors (Lipinski definition) is 3. The first-order valence-corrected chi connectivity index (χ1v) is 10.2. The molecule has 1 aliphatic heterocycles. The van der Waals surface area contributed by atoms with Crippen molar-refractivity contribution in [3.05, 3.63) is 35.9 Å². The molecule has 1 atom stereocenters. The van der Waals surface area contributed by atoms with Crippen molar-refractivity contribution in [2.24, 2.45) is 5.92 Å². The smallest absolute Gasteiger partial charge is 0.410 e. The number of piperazine rings is 1. The number of carbonyl (C=O) groups excluding carboxylic acids is 1. The first-order chi connectivity index (χ1) is 12.4. The lowest BCUT2D eigenvalue weighted by molar-refractivity contribution is -0.00628. The molecule has 1 saturated carbocycles. The van der Waals surface area contributed by atoms with Crippen LogP contribution in [0.1, 0.15) is 58.4 Å². The molecule has 26 heavy (non-hydrogen) atoms. The monoisotopic (exact) mass is 358 g/mol. The summed E-state index contributed by atoms with van der Waals surface area (Å²) in [6, 6.07) is 10.9. The Morgan fingerprint density at radius 3 is 2.46 bits per heavy atom. The average Bonchev–Trinajstić information content (AvgIpc) is 3.07. The highest BCUT2D eigenvalue weighted by atomic mass is 16.6. The number of ether oxygens (including phenoxy) is 1. The first kappa shape index (κ1) is 19.2. The third kappa shape index (κ3) is 5.47. The first-order valence-electron chi connectivity index (χ1n) is 10.2. The molecule has 144 valence electrons. The van der Waals surface area contributed by atoms with E-state index in [0.29, 0.717) is 0 Å². The largest absolute Gasteiger partial charge is 0.444 e. The van der Waals surface area contributed by atoms with Crippen LogP contribution in [0.2, 0.25) is 0 Å². The molecule has 1 amide bonds. The summed E-state index contributed by atoms with van der Waals surface area (Å²) in [4.78, 5) is 17.2. The zero-order chi connectivity index (χ0) is 18.6. The maximum Gasteiger partial charge on any atom is 0.410 e. The Morgan fingerprint density at radius 1 is 1.12 bits per heavy atom. The van der Waals surface area contributed by atoms with Crippen LogP contribution in [0.25, 0.3) is 0 Å². The third-order valence-corrected chi connectivity index (χ3v) is 5.52. The van der Waals surface area contributed by atoms with Crippen LogP contribution in [0.5, 0.6) is 0 Å². The Morgan fingerprint density at radius 2 is 1.81 bits per heavy atom. The van der Waals surface area contributed by atoms with Crippen LogP contribution in [-0.4, -0.2) is 47.2 Å². The summed E-state index contributed by atoms with van der Waals surface area (Å²) in [5, 5.41) is 0. The number of hydrogen-bond donors (Lipinski definition) is 0. The van der Waals surface area contributed by atoms with Crippen LogP contribution < -0.4 is 0 Å². The molecule has 0 radical (unpaired) electrons. The van der Waals surface area contributed by atoms with Gasteiger partial charge >= 0.3 is 6.09 Å². The molecule has 3 rings (SSSR count). The maximum atomic E-state index is 12.7. The normalized spacial score (nSPS) is 22.6. The van der Waals surface area contributed by atoms with Crippen molar-refractivity contribution in [1.29, 1.82) is 0 Å². The quantitative estimate of drug-likeness (QED) is 0.783. The number of nitrogens with zero attached hydrogens (tertiary/aromatic N) is 2. The minimum atomic E-state index is -0.434. The van der Waals surface area contributed by atoms with Crippen LogP contribution >= 0.6 is 0 Å². The second-order valence-electron chi connectivity index (χ2n) is 8.93. The van der Waals surface area contributed by atoms with Crippen molar-refractivity contribution in [3.63, 3.8) is 0 Å². The Labute approximate surface area is 158 Å². The van der Waals surface area contributed by atoms with Crippen LogP contribution in [0.4, 0.5) is 4.79 Å². The minimum absolute atomic E-state index is 0.139. The van der Waals surface area contributed by atoms with Crippen LogP contribution in [-0.2, 0) is 11.3 Å². The van der Waals surface area contributed by atoms with E-state index >= 15 is 0 Å². The molecule has 1 aromatic rings. The lowest BCUT2D eigenvalue weighted by atomic mass is 9.95. The molecule has 1 aliphatic carbocycles. The van der Waals surface area contributed by atoms with E-state index in [4.69, 9.17) is 4.74 Å². The number of rotatable bonds is 4. The summed E-state index contributed by atoms with van der Waals surface area (Å²) < 4.78 is 5.69. The standard InChI is InChI=1S/C22H34N2O2/c1-22(2,3)26-21(25)24-14-13-23(16-19-11-5-4-6-12-19)17-20(24)15-18-9-7-8-10-18/h4-6,11-12,18,20H,7-10,13-17H2,1-3H3/t20-/m0/s1. The number of carbonyl (C=O) groups is 1. The Bertz CT molecular complexity index is 576. The van der Waals surface area contributed by atoms with Gasteiger partial charge in [-0.3, -0.25) is 4.90 Å². The van der Waals surface area contributed by atoms with E-state index in [-0.39, 0.29) is 12.1 Å². The van der Waals surface area contributed by atoms with E-state index in [1.54, 1.807) is 0 Å². The molecule has 0 unspecified atom stereocenters. The molecule has 2 aliphatic rings. The molecular formula is C22H34N2O2. The van der Waals surface area contributed by atoms with Gasteiger partial charge in [-0.05, 0) is 38.7 Å². The Kier molecular flexibility index (Phi) is 6.23. The molecule has 0 bridgehead atoms. The van der Waals surface area contributed by atoms with Gasteiger partial charge in [-0.15, -0.1) is 0 Å². The highest BCUT2D eigenvalue weighted by molar-refractivity contribution is 5.68. The second-order valence-corrected chi connectivity index (χ2v) is 8.93. The van der Waals surface area contributed by atoms with Crippen molar-refractivity contribution >= 4 is 6.09 Å². The Hall–Kier alpha value is -1.55. The predicted molar refractivity (Wildman–Crippen MR) is 105 cm³/mol. The zero-order valence-electron chi connectivity index (χ0n) is 16.6. The molecule has 1 heterocycles. The van der Waals surface area contributed by atoms with Gasteiger partial charge < -0.3 is 9.64 Å². The fourth-order valence-corrected chi connectivity index (χ4v) is 4.30. The number of benzene rings is 1. The fourth-order valence-electron chi connectivity index (χ4n) is 4.30. The highest BCUT2D eigenvalue weighted by Crippen LogP contribution is 2.31. The molecule has 0 spiro atoms. The van der Waals surface area contributed by atoms with Gasteiger partial charge in [0.05, 0.1) is 0 Å². The van der Waals surface area contributed by atoms with Crippen molar-refractivity contribution in [2.45, 2.75) is 71.1 Å². The molecule has 0 N–H and O–H groups in total. The number of amides is 1. The van der Waals surface area contributed by atoms with Gasteiger partial charge in [0, 0.05) is 32.2 Å². The molecule has 2 fully saturated rings. The summed E-state index contributed by atoms with van der Waals surface area (Å²) in [7, 11) is 0. The van der Waals surface area contributed by atoms with E-state index in [1.807, 2.05) is 25.7 Å². The van der Waals surface area contributed by atoms with Crippen molar-refractivity contribution in [3.8, 4) is 0 Å². The van der Waals surface area contributed by atoms with E-state index in [0.717, 1.165) is 38.5 Å². The lowest BCUT2D eigenvalue weighted by Crippen LogP contribution is -2.56. The fraction of sp³-hybridized carbons (Fsp3) is 0.682. The molecular weight excluding hydrogens is 324 g/mol. The molecule has 4 nitrogen and oxygen atoms in total. The second kappa shape index (κ2) is 8.43. The van der Waals surface area contributed by atoms with Crippen molar-refractivity contribution in [1.82, 2.24) is 9.80 Å². The van der Waals surface area contributed by atoms with E-state index in [9.17, 15) is 4.79 Å². The topological polar surface area (TPSA) is 32.8 Å². The predicted octanol–water partition coefficient (Wildman–Crippen LogP) is 4.69. The van der Waals surface area contributed by atoms with E-state index in [2.05, 4.69) is 35.2 Å². The molecule has 4 heteroatoms. The maximum absolute atomic E-state index is 12.7. The SMILES string of the molecule is CC(C)(C)OC(=O)N1CCN(Cc2ccccc2)C[C@@H]1CC1CCCC1. The van der Waals surface area contributed by atoms with Crippen LogP contribution in [0.15, 0.2) is 30.3 Å². The van der Waals surface area contributed by atoms with Gasteiger partial charge in [0.1, 0.15) is 5.60 Å². The summed E-state index contributed by atoms with van der Waals surface area (Å²) in [6.45, 7) is 9.43.